The Morgan fingerprint density at radius 2 is 1.58 bits per heavy atom. The van der Waals surface area contributed by atoms with Crippen LogP contribution in [0.1, 0.15) is 18.9 Å². The van der Waals surface area contributed by atoms with Gasteiger partial charge in [-0.15, -0.1) is 0 Å². The normalized spacial score (nSPS) is 38.3. The summed E-state index contributed by atoms with van der Waals surface area (Å²) in [5.41, 5.74) is 2.23. The summed E-state index contributed by atoms with van der Waals surface area (Å²) in [6.45, 7) is 2.41. The van der Waals surface area contributed by atoms with Crippen LogP contribution in [0.4, 0.5) is 5.69 Å². The first kappa shape index (κ1) is 14.3. The van der Waals surface area contributed by atoms with Crippen molar-refractivity contribution in [2.75, 3.05) is 12.0 Å². The van der Waals surface area contributed by atoms with Crippen molar-refractivity contribution in [1.82, 2.24) is 4.90 Å². The van der Waals surface area contributed by atoms with E-state index in [2.05, 4.69) is 36.5 Å². The Morgan fingerprint density at radius 3 is 2.12 bits per heavy atom. The quantitative estimate of drug-likeness (QED) is 0.685. The van der Waals surface area contributed by atoms with Crippen LogP contribution in [0.3, 0.4) is 0 Å². The number of likely N-dealkylation sites (tertiary alicyclic amines) is 1. The standard InChI is InChI=1S/C20H22N2O2/c1-2-11-3-5-12(6-4-11)21-10-22-19(23)17-13-7-8-14(16-9-15(13)16)18(17)20(22)24/h3-8,13-18,21H,2,9-10H2,1H3/t13-,14-,15-,16+,17+,18+/m1/s1. The van der Waals surface area contributed by atoms with E-state index in [0.29, 0.717) is 23.7 Å². The van der Waals surface area contributed by atoms with Gasteiger partial charge in [0.2, 0.25) is 11.8 Å². The zero-order chi connectivity index (χ0) is 16.4. The predicted molar refractivity (Wildman–Crippen MR) is 90.9 cm³/mol. The summed E-state index contributed by atoms with van der Waals surface area (Å²) < 4.78 is 0. The Bertz CT molecular complexity index is 703. The molecule has 4 nitrogen and oxygen atoms in total. The maximum absolute atomic E-state index is 12.9. The number of aryl methyl sites for hydroxylation is 1. The average Bonchev–Trinajstić information content (AvgIpc) is 3.39. The predicted octanol–water partition coefficient (Wildman–Crippen LogP) is 2.67. The number of anilines is 1. The van der Waals surface area contributed by atoms with E-state index in [1.54, 1.807) is 0 Å². The molecule has 0 unspecified atom stereocenters. The van der Waals surface area contributed by atoms with Gasteiger partial charge in [-0.05, 0) is 54.2 Å². The number of carbonyl (C=O) groups is 2. The van der Waals surface area contributed by atoms with Crippen LogP contribution in [-0.4, -0.2) is 23.4 Å². The lowest BCUT2D eigenvalue weighted by atomic mass is 9.63. The summed E-state index contributed by atoms with van der Waals surface area (Å²) in [5.74, 6) is 1.80. The lowest BCUT2D eigenvalue weighted by Crippen LogP contribution is -2.40. The third kappa shape index (κ3) is 1.86. The molecular formula is C20H22N2O2. The first-order chi connectivity index (χ1) is 11.7. The van der Waals surface area contributed by atoms with E-state index in [-0.39, 0.29) is 30.3 Å². The summed E-state index contributed by atoms with van der Waals surface area (Å²) >= 11 is 0. The highest BCUT2D eigenvalue weighted by molar-refractivity contribution is 6.06. The minimum absolute atomic E-state index is 0.0346. The zero-order valence-corrected chi connectivity index (χ0v) is 13.8. The largest absolute Gasteiger partial charge is 0.367 e. The fourth-order valence-electron chi connectivity index (χ4n) is 5.20. The molecule has 5 aliphatic rings. The van der Waals surface area contributed by atoms with Gasteiger partial charge >= 0.3 is 0 Å². The summed E-state index contributed by atoms with van der Waals surface area (Å²) in [6.07, 6.45) is 6.64. The molecule has 0 spiro atoms. The highest BCUT2D eigenvalue weighted by atomic mass is 16.2. The molecule has 0 aromatic heterocycles. The van der Waals surface area contributed by atoms with Crippen molar-refractivity contribution in [2.24, 2.45) is 35.5 Å². The minimum atomic E-state index is -0.0967. The van der Waals surface area contributed by atoms with Crippen molar-refractivity contribution < 1.29 is 9.59 Å². The molecule has 0 radical (unpaired) electrons. The lowest BCUT2D eigenvalue weighted by molar-refractivity contribution is -0.139. The molecule has 1 saturated heterocycles. The summed E-state index contributed by atoms with van der Waals surface area (Å²) in [5, 5.41) is 3.24. The van der Waals surface area contributed by atoms with Crippen LogP contribution in [0.5, 0.6) is 0 Å². The van der Waals surface area contributed by atoms with Gasteiger partial charge in [0.25, 0.3) is 0 Å². The minimum Gasteiger partial charge on any atom is -0.367 e. The molecule has 1 aromatic rings. The van der Waals surface area contributed by atoms with Gasteiger partial charge in [0, 0.05) is 5.69 Å². The number of nitrogens with zero attached hydrogens (tertiary/aromatic N) is 1. The summed E-state index contributed by atoms with van der Waals surface area (Å²) in [7, 11) is 0. The van der Waals surface area contributed by atoms with Crippen LogP contribution in [0.15, 0.2) is 36.4 Å². The van der Waals surface area contributed by atoms with Gasteiger partial charge in [0.05, 0.1) is 18.5 Å². The van der Waals surface area contributed by atoms with Gasteiger partial charge in [-0.1, -0.05) is 31.2 Å². The molecule has 3 fully saturated rings. The zero-order valence-electron chi connectivity index (χ0n) is 13.8. The van der Waals surface area contributed by atoms with Crippen LogP contribution in [0.25, 0.3) is 0 Å². The molecule has 6 atom stereocenters. The summed E-state index contributed by atoms with van der Waals surface area (Å²) in [4.78, 5) is 27.2. The highest BCUT2D eigenvalue weighted by Crippen LogP contribution is 2.65. The van der Waals surface area contributed by atoms with Crippen molar-refractivity contribution in [3.63, 3.8) is 0 Å². The number of rotatable bonds is 4. The van der Waals surface area contributed by atoms with E-state index in [9.17, 15) is 9.59 Å². The third-order valence-corrected chi connectivity index (χ3v) is 6.56. The molecule has 24 heavy (non-hydrogen) atoms. The van der Waals surface area contributed by atoms with Crippen molar-refractivity contribution in [2.45, 2.75) is 19.8 Å². The van der Waals surface area contributed by atoms with E-state index in [1.165, 1.54) is 16.9 Å². The fraction of sp³-hybridized carbons (Fsp3) is 0.500. The second-order valence-electron chi connectivity index (χ2n) is 7.64. The van der Waals surface area contributed by atoms with Crippen molar-refractivity contribution in [1.29, 1.82) is 0 Å². The number of benzene rings is 1. The second-order valence-corrected chi connectivity index (χ2v) is 7.64. The summed E-state index contributed by atoms with van der Waals surface area (Å²) in [6, 6.07) is 8.18. The number of hydrogen-bond acceptors (Lipinski definition) is 3. The van der Waals surface area contributed by atoms with Crippen LogP contribution >= 0.6 is 0 Å². The van der Waals surface area contributed by atoms with Crippen LogP contribution in [0.2, 0.25) is 0 Å². The van der Waals surface area contributed by atoms with Crippen LogP contribution in [0, 0.1) is 35.5 Å². The first-order valence-corrected chi connectivity index (χ1v) is 9.05. The maximum Gasteiger partial charge on any atom is 0.235 e. The Kier molecular flexibility index (Phi) is 2.94. The first-order valence-electron chi connectivity index (χ1n) is 9.05. The maximum atomic E-state index is 12.9. The van der Waals surface area contributed by atoms with Gasteiger partial charge in [0.1, 0.15) is 0 Å². The van der Waals surface area contributed by atoms with Crippen LogP contribution < -0.4 is 5.32 Å². The molecule has 2 saturated carbocycles. The average molecular weight is 322 g/mol. The number of nitrogens with one attached hydrogen (secondary N) is 1. The molecule has 1 heterocycles. The van der Waals surface area contributed by atoms with E-state index < -0.39 is 0 Å². The second kappa shape index (κ2) is 4.95. The van der Waals surface area contributed by atoms with E-state index in [0.717, 1.165) is 12.1 Å². The van der Waals surface area contributed by atoms with E-state index >= 15 is 0 Å². The fourth-order valence-corrected chi connectivity index (χ4v) is 5.20. The topological polar surface area (TPSA) is 49.4 Å². The van der Waals surface area contributed by atoms with Crippen molar-refractivity contribution in [3.05, 3.63) is 42.0 Å². The van der Waals surface area contributed by atoms with E-state index in [1.807, 2.05) is 12.1 Å². The number of amides is 2. The van der Waals surface area contributed by atoms with Crippen molar-refractivity contribution >= 4 is 17.5 Å². The van der Waals surface area contributed by atoms with Gasteiger partial charge in [-0.3, -0.25) is 14.5 Å². The van der Waals surface area contributed by atoms with Gasteiger partial charge < -0.3 is 5.32 Å². The van der Waals surface area contributed by atoms with Crippen molar-refractivity contribution in [3.8, 4) is 0 Å². The smallest absolute Gasteiger partial charge is 0.235 e. The molecule has 1 N–H and O–H groups in total. The van der Waals surface area contributed by atoms with E-state index in [4.69, 9.17) is 0 Å². The lowest BCUT2D eigenvalue weighted by Gasteiger charge is -2.37. The number of imide groups is 1. The molecule has 4 aliphatic carbocycles. The molecule has 1 aliphatic heterocycles. The van der Waals surface area contributed by atoms with Gasteiger partial charge in [0.15, 0.2) is 0 Å². The number of hydrogen-bond donors (Lipinski definition) is 1. The Labute approximate surface area is 141 Å². The molecule has 6 rings (SSSR count). The number of carbonyl (C=O) groups excluding carboxylic acids is 2. The van der Waals surface area contributed by atoms with Gasteiger partial charge in [-0.25, -0.2) is 0 Å². The van der Waals surface area contributed by atoms with Crippen LogP contribution in [-0.2, 0) is 16.0 Å². The number of allylic oxidation sites excluding steroid dienone is 2. The Balaban J connectivity index is 1.33. The Hall–Kier alpha value is -2.10. The monoisotopic (exact) mass is 322 g/mol. The molecule has 4 heteroatoms. The van der Waals surface area contributed by atoms with Gasteiger partial charge in [-0.2, -0.15) is 0 Å². The SMILES string of the molecule is CCc1ccc(NCN2C(=O)[C@H]3[C@@H]4C=C[C@H]([C@@H]5C[C@H]45)[C@@H]3C2=O)cc1. The molecule has 2 amide bonds. The Morgan fingerprint density at radius 1 is 1.00 bits per heavy atom. The highest BCUT2D eigenvalue weighted by Gasteiger charge is 2.66. The molecular weight excluding hydrogens is 300 g/mol. The molecule has 2 bridgehead atoms. The molecule has 1 aromatic carbocycles. The molecule has 124 valence electrons. The third-order valence-electron chi connectivity index (χ3n) is 6.56.